The van der Waals surface area contributed by atoms with Crippen LogP contribution in [-0.4, -0.2) is 46.6 Å². The molecule has 0 aromatic carbocycles. The lowest BCUT2D eigenvalue weighted by atomic mass is 9.96. The summed E-state index contributed by atoms with van der Waals surface area (Å²) in [4.78, 5) is 26.3. The molecule has 3 rings (SSSR count). The number of hydrogen-bond donors (Lipinski definition) is 2. The monoisotopic (exact) mass is 390 g/mol. The number of carbonyl (C=O) groups excluding carboxylic acids is 1. The van der Waals surface area contributed by atoms with Gasteiger partial charge in [-0.25, -0.2) is 4.79 Å². The lowest BCUT2D eigenvalue weighted by Gasteiger charge is -2.25. The van der Waals surface area contributed by atoms with Crippen LogP contribution in [0.1, 0.15) is 96.3 Å². The summed E-state index contributed by atoms with van der Waals surface area (Å²) in [5, 5.41) is 13.4. The van der Waals surface area contributed by atoms with Gasteiger partial charge >= 0.3 is 5.97 Å². The summed E-state index contributed by atoms with van der Waals surface area (Å²) in [6, 6.07) is -0.118. The smallest absolute Gasteiger partial charge is 0.326 e. The number of hydrogen-bond acceptors (Lipinski definition) is 3. The average Bonchev–Trinajstić information content (AvgIpc) is 3.04. The van der Waals surface area contributed by atoms with Crippen LogP contribution in [0.4, 0.5) is 0 Å². The number of aliphatic carboxylic acids is 1. The van der Waals surface area contributed by atoms with Gasteiger partial charge in [0.2, 0.25) is 5.91 Å². The van der Waals surface area contributed by atoms with Crippen LogP contribution in [0.25, 0.3) is 0 Å². The first-order valence-corrected chi connectivity index (χ1v) is 11.6. The predicted molar refractivity (Wildman–Crippen MR) is 111 cm³/mol. The van der Waals surface area contributed by atoms with Crippen molar-refractivity contribution in [2.45, 2.75) is 114 Å². The first-order chi connectivity index (χ1) is 13.6. The van der Waals surface area contributed by atoms with Crippen molar-refractivity contribution >= 4 is 11.9 Å². The van der Waals surface area contributed by atoms with E-state index in [2.05, 4.69) is 5.32 Å². The first-order valence-electron chi connectivity index (χ1n) is 11.6. The molecule has 2 N–H and O–H groups in total. The van der Waals surface area contributed by atoms with E-state index in [4.69, 9.17) is 0 Å². The quantitative estimate of drug-likeness (QED) is 0.698. The van der Waals surface area contributed by atoms with Crippen LogP contribution in [-0.2, 0) is 9.59 Å². The summed E-state index contributed by atoms with van der Waals surface area (Å²) in [5.41, 5.74) is 1.21. The summed E-state index contributed by atoms with van der Waals surface area (Å²) in [6.45, 7) is 0.524. The third-order valence-electron chi connectivity index (χ3n) is 6.77. The van der Waals surface area contributed by atoms with Gasteiger partial charge in [-0.3, -0.25) is 4.79 Å². The molecular formula is C23H38N2O3. The highest BCUT2D eigenvalue weighted by Gasteiger charge is 2.39. The molecule has 1 saturated heterocycles. The molecular weight excluding hydrogens is 352 g/mol. The highest BCUT2D eigenvalue weighted by Crippen LogP contribution is 2.25. The summed E-state index contributed by atoms with van der Waals surface area (Å²) >= 11 is 0. The summed E-state index contributed by atoms with van der Waals surface area (Å²) in [7, 11) is 0. The van der Waals surface area contributed by atoms with Crippen LogP contribution in [0.3, 0.4) is 0 Å². The maximum atomic E-state index is 12.9. The average molecular weight is 391 g/mol. The van der Waals surface area contributed by atoms with Gasteiger partial charge in [-0.15, -0.1) is 0 Å². The van der Waals surface area contributed by atoms with Gasteiger partial charge in [-0.2, -0.15) is 0 Å². The standard InChI is InChI=1S/C23H38N2O3/c26-22(15-18-11-7-3-1-4-8-12-18)25-17-20(16-21(25)23(27)28)24-19-13-9-5-2-6-10-14-19/h15,19-21,24H,1-14,16-17H2,(H,27,28)/t20-,21+/m0/s1. The van der Waals surface area contributed by atoms with Crippen molar-refractivity contribution in [3.05, 3.63) is 11.6 Å². The highest BCUT2D eigenvalue weighted by molar-refractivity contribution is 5.92. The maximum Gasteiger partial charge on any atom is 0.326 e. The van der Waals surface area contributed by atoms with E-state index in [0.717, 1.165) is 25.7 Å². The molecule has 0 unspecified atom stereocenters. The molecule has 0 bridgehead atoms. The summed E-state index contributed by atoms with van der Waals surface area (Å²) in [6.07, 6.45) is 19.1. The molecule has 5 heteroatoms. The second kappa shape index (κ2) is 11.0. The van der Waals surface area contributed by atoms with Crippen molar-refractivity contribution in [1.29, 1.82) is 0 Å². The van der Waals surface area contributed by atoms with Gasteiger partial charge in [0.25, 0.3) is 0 Å². The molecule has 0 spiro atoms. The van der Waals surface area contributed by atoms with Crippen LogP contribution in [0, 0.1) is 0 Å². The van der Waals surface area contributed by atoms with E-state index in [-0.39, 0.29) is 11.9 Å². The molecule has 5 nitrogen and oxygen atoms in total. The number of allylic oxidation sites excluding steroid dienone is 1. The van der Waals surface area contributed by atoms with E-state index in [1.807, 2.05) is 0 Å². The predicted octanol–water partition coefficient (Wildman–Crippen LogP) is 4.41. The molecule has 0 radical (unpaired) electrons. The Hall–Kier alpha value is -1.36. The molecule has 2 saturated carbocycles. The minimum absolute atomic E-state index is 0.0926. The van der Waals surface area contributed by atoms with E-state index in [1.165, 1.54) is 69.8 Å². The van der Waals surface area contributed by atoms with Crippen molar-refractivity contribution < 1.29 is 14.7 Å². The minimum Gasteiger partial charge on any atom is -0.480 e. The fourth-order valence-corrected chi connectivity index (χ4v) is 5.15. The van der Waals surface area contributed by atoms with Crippen LogP contribution in [0.5, 0.6) is 0 Å². The van der Waals surface area contributed by atoms with Gasteiger partial charge in [0.05, 0.1) is 0 Å². The van der Waals surface area contributed by atoms with E-state index in [1.54, 1.807) is 11.0 Å². The molecule has 1 aliphatic heterocycles. The van der Waals surface area contributed by atoms with Crippen molar-refractivity contribution in [3.8, 4) is 0 Å². The van der Waals surface area contributed by atoms with Crippen LogP contribution in [0.2, 0.25) is 0 Å². The van der Waals surface area contributed by atoms with Gasteiger partial charge < -0.3 is 15.3 Å². The first kappa shape index (κ1) is 21.4. The number of likely N-dealkylation sites (tertiary alicyclic amines) is 1. The summed E-state index contributed by atoms with van der Waals surface area (Å²) in [5.74, 6) is -0.962. The Morgan fingerprint density at radius 3 is 2.04 bits per heavy atom. The molecule has 1 heterocycles. The Labute approximate surface area is 169 Å². The Morgan fingerprint density at radius 1 is 0.857 bits per heavy atom. The van der Waals surface area contributed by atoms with Gasteiger partial charge in [-0.1, -0.05) is 56.9 Å². The minimum atomic E-state index is -0.869. The van der Waals surface area contributed by atoms with Crippen molar-refractivity contribution in [2.24, 2.45) is 0 Å². The van der Waals surface area contributed by atoms with Crippen molar-refractivity contribution in [2.75, 3.05) is 6.54 Å². The van der Waals surface area contributed by atoms with Crippen LogP contribution in [0.15, 0.2) is 11.6 Å². The molecule has 3 fully saturated rings. The Morgan fingerprint density at radius 2 is 1.43 bits per heavy atom. The Balaban J connectivity index is 1.60. The molecule has 158 valence electrons. The Bertz CT molecular complexity index is 542. The van der Waals surface area contributed by atoms with Gasteiger partial charge in [0.15, 0.2) is 0 Å². The van der Waals surface area contributed by atoms with Crippen LogP contribution >= 0.6 is 0 Å². The zero-order chi connectivity index (χ0) is 19.8. The van der Waals surface area contributed by atoms with Gasteiger partial charge in [0, 0.05) is 24.7 Å². The van der Waals surface area contributed by atoms with E-state index >= 15 is 0 Å². The third-order valence-corrected chi connectivity index (χ3v) is 6.77. The Kier molecular flexibility index (Phi) is 8.38. The zero-order valence-electron chi connectivity index (χ0n) is 17.3. The van der Waals surface area contributed by atoms with Crippen LogP contribution < -0.4 is 5.32 Å². The van der Waals surface area contributed by atoms with Crippen molar-refractivity contribution in [1.82, 2.24) is 10.2 Å². The zero-order valence-corrected chi connectivity index (χ0v) is 17.3. The lowest BCUT2D eigenvalue weighted by molar-refractivity contribution is -0.146. The second-order valence-corrected chi connectivity index (χ2v) is 9.06. The molecule has 0 aromatic heterocycles. The number of carboxylic acids is 1. The number of amides is 1. The number of rotatable bonds is 4. The normalized spacial score (nSPS) is 28.1. The summed E-state index contributed by atoms with van der Waals surface area (Å²) < 4.78 is 0. The van der Waals surface area contributed by atoms with E-state index in [9.17, 15) is 14.7 Å². The molecule has 3 aliphatic rings. The fraction of sp³-hybridized carbons (Fsp3) is 0.826. The topological polar surface area (TPSA) is 69.6 Å². The van der Waals surface area contributed by atoms with E-state index in [0.29, 0.717) is 19.0 Å². The highest BCUT2D eigenvalue weighted by atomic mass is 16.4. The lowest BCUT2D eigenvalue weighted by Crippen LogP contribution is -2.42. The largest absolute Gasteiger partial charge is 0.480 e. The number of nitrogens with zero attached hydrogens (tertiary/aromatic N) is 1. The number of carbonyl (C=O) groups is 2. The number of carboxylic acid groups (broad SMARTS) is 1. The van der Waals surface area contributed by atoms with Gasteiger partial charge in [-0.05, 0) is 44.9 Å². The SMILES string of the molecule is O=C(O)[C@H]1C[C@H](NC2CCCCCCC2)CN1C(=O)C=C1CCCCCCC1. The number of nitrogens with one attached hydrogen (secondary N) is 1. The third kappa shape index (κ3) is 6.33. The van der Waals surface area contributed by atoms with Gasteiger partial charge in [0.1, 0.15) is 6.04 Å². The fourth-order valence-electron chi connectivity index (χ4n) is 5.15. The molecule has 0 aromatic rings. The molecule has 2 aliphatic carbocycles. The maximum absolute atomic E-state index is 12.9. The van der Waals surface area contributed by atoms with Crippen molar-refractivity contribution in [3.63, 3.8) is 0 Å². The van der Waals surface area contributed by atoms with E-state index < -0.39 is 12.0 Å². The molecule has 2 atom stereocenters. The molecule has 28 heavy (non-hydrogen) atoms. The molecule has 1 amide bonds. The second-order valence-electron chi connectivity index (χ2n) is 9.06.